The molecule has 0 fully saturated rings. The SMILES string of the molecule is CC(C)n1ncc2c(C(=O)NCc3cn4ccccc4n3)cc(-c3cccs3)nc21. The van der Waals surface area contributed by atoms with Crippen LogP contribution in [-0.4, -0.2) is 30.1 Å². The minimum absolute atomic E-state index is 0.141. The van der Waals surface area contributed by atoms with Gasteiger partial charge in [-0.15, -0.1) is 11.3 Å². The van der Waals surface area contributed by atoms with Gasteiger partial charge in [0.2, 0.25) is 0 Å². The van der Waals surface area contributed by atoms with Crippen LogP contribution in [0.15, 0.2) is 60.4 Å². The molecule has 8 heteroatoms. The standard InChI is InChI=1S/C22H20N6OS/c1-14(2)28-21-17(12-24-28)16(10-18(26-21)19-6-5-9-30-19)22(29)23-11-15-13-27-8-4-3-7-20(27)25-15/h3-10,12-14H,11H2,1-2H3,(H,23,29). The summed E-state index contributed by atoms with van der Waals surface area (Å²) in [5.41, 5.74) is 3.72. The molecule has 0 saturated carbocycles. The summed E-state index contributed by atoms with van der Waals surface area (Å²) in [4.78, 5) is 23.5. The second kappa shape index (κ2) is 7.38. The molecule has 30 heavy (non-hydrogen) atoms. The molecule has 0 radical (unpaired) electrons. The Bertz CT molecular complexity index is 1320. The van der Waals surface area contributed by atoms with E-state index in [2.05, 4.69) is 29.2 Å². The Hall–Kier alpha value is -3.52. The topological polar surface area (TPSA) is 77.1 Å². The Kier molecular flexibility index (Phi) is 4.55. The van der Waals surface area contributed by atoms with Crippen LogP contribution in [0, 0.1) is 0 Å². The normalized spacial score (nSPS) is 11.6. The molecule has 1 N–H and O–H groups in total. The Morgan fingerprint density at radius 1 is 1.20 bits per heavy atom. The highest BCUT2D eigenvalue weighted by molar-refractivity contribution is 7.13. The van der Waals surface area contributed by atoms with Crippen LogP contribution in [0.5, 0.6) is 0 Å². The number of hydrogen-bond acceptors (Lipinski definition) is 5. The molecule has 0 bridgehead atoms. The number of carbonyl (C=O) groups excluding carboxylic acids is 1. The number of fused-ring (bicyclic) bond motifs is 2. The van der Waals surface area contributed by atoms with Crippen molar-refractivity contribution in [1.82, 2.24) is 29.5 Å². The van der Waals surface area contributed by atoms with Gasteiger partial charge in [-0.25, -0.2) is 14.6 Å². The predicted octanol–water partition coefficient (Wildman–Crippen LogP) is 4.32. The maximum Gasteiger partial charge on any atom is 0.252 e. The van der Waals surface area contributed by atoms with Crippen molar-refractivity contribution < 1.29 is 4.79 Å². The zero-order chi connectivity index (χ0) is 20.7. The van der Waals surface area contributed by atoms with Gasteiger partial charge < -0.3 is 9.72 Å². The number of carbonyl (C=O) groups is 1. The van der Waals surface area contributed by atoms with Crippen LogP contribution in [0.2, 0.25) is 0 Å². The molecular formula is C22H20N6OS. The Morgan fingerprint density at radius 3 is 2.87 bits per heavy atom. The quantitative estimate of drug-likeness (QED) is 0.463. The van der Waals surface area contributed by atoms with Gasteiger partial charge in [0.1, 0.15) is 5.65 Å². The summed E-state index contributed by atoms with van der Waals surface area (Å²) in [6.45, 7) is 4.45. The predicted molar refractivity (Wildman–Crippen MR) is 118 cm³/mol. The zero-order valence-corrected chi connectivity index (χ0v) is 17.4. The lowest BCUT2D eigenvalue weighted by Crippen LogP contribution is -2.23. The first kappa shape index (κ1) is 18.5. The van der Waals surface area contributed by atoms with Crippen LogP contribution in [-0.2, 0) is 6.54 Å². The number of imidazole rings is 1. The fourth-order valence-electron chi connectivity index (χ4n) is 3.47. The van der Waals surface area contributed by atoms with Gasteiger partial charge in [-0.1, -0.05) is 12.1 Å². The average Bonchev–Trinajstić information content (AvgIpc) is 3.49. The van der Waals surface area contributed by atoms with E-state index in [1.807, 2.05) is 63.3 Å². The third-order valence-electron chi connectivity index (χ3n) is 4.92. The van der Waals surface area contributed by atoms with Gasteiger partial charge in [-0.05, 0) is 43.5 Å². The molecule has 0 unspecified atom stereocenters. The van der Waals surface area contributed by atoms with E-state index in [9.17, 15) is 4.79 Å². The molecule has 5 heterocycles. The summed E-state index contributed by atoms with van der Waals surface area (Å²) >= 11 is 1.60. The highest BCUT2D eigenvalue weighted by Gasteiger charge is 2.19. The van der Waals surface area contributed by atoms with Gasteiger partial charge in [-0.3, -0.25) is 4.79 Å². The first-order valence-corrected chi connectivity index (χ1v) is 10.6. The summed E-state index contributed by atoms with van der Waals surface area (Å²) in [5, 5.41) is 10.2. The highest BCUT2D eigenvalue weighted by Crippen LogP contribution is 2.29. The minimum Gasteiger partial charge on any atom is -0.346 e. The number of nitrogens with zero attached hydrogens (tertiary/aromatic N) is 5. The number of rotatable bonds is 5. The van der Waals surface area contributed by atoms with E-state index < -0.39 is 0 Å². The number of amides is 1. The number of aromatic nitrogens is 5. The maximum atomic E-state index is 13.1. The molecule has 5 rings (SSSR count). The molecule has 0 aliphatic heterocycles. The van der Waals surface area contributed by atoms with Crippen molar-refractivity contribution in [3.05, 3.63) is 71.6 Å². The second-order valence-electron chi connectivity index (χ2n) is 7.33. The van der Waals surface area contributed by atoms with Crippen LogP contribution in [0.25, 0.3) is 27.3 Å². The van der Waals surface area contributed by atoms with Crippen LogP contribution in [0.1, 0.15) is 35.9 Å². The Morgan fingerprint density at radius 2 is 2.10 bits per heavy atom. The molecule has 0 saturated heterocycles. The lowest BCUT2D eigenvalue weighted by atomic mass is 10.1. The monoisotopic (exact) mass is 416 g/mol. The van der Waals surface area contributed by atoms with Crippen LogP contribution in [0.3, 0.4) is 0 Å². The third kappa shape index (κ3) is 3.25. The molecule has 0 aromatic carbocycles. The van der Waals surface area contributed by atoms with Crippen molar-refractivity contribution >= 4 is 33.9 Å². The number of hydrogen-bond donors (Lipinski definition) is 1. The molecule has 0 atom stereocenters. The molecule has 1 amide bonds. The van der Waals surface area contributed by atoms with Gasteiger partial charge in [0.25, 0.3) is 5.91 Å². The van der Waals surface area contributed by atoms with Gasteiger partial charge in [-0.2, -0.15) is 5.10 Å². The molecule has 0 aliphatic carbocycles. The van der Waals surface area contributed by atoms with Crippen molar-refractivity contribution in [2.24, 2.45) is 0 Å². The first-order valence-electron chi connectivity index (χ1n) is 9.73. The van der Waals surface area contributed by atoms with E-state index in [1.165, 1.54) is 0 Å². The minimum atomic E-state index is -0.166. The molecule has 7 nitrogen and oxygen atoms in total. The van der Waals surface area contributed by atoms with Crippen molar-refractivity contribution in [3.63, 3.8) is 0 Å². The number of thiophene rings is 1. The number of nitrogens with one attached hydrogen (secondary N) is 1. The first-order chi connectivity index (χ1) is 14.6. The van der Waals surface area contributed by atoms with Gasteiger partial charge >= 0.3 is 0 Å². The largest absolute Gasteiger partial charge is 0.346 e. The van der Waals surface area contributed by atoms with Crippen molar-refractivity contribution in [1.29, 1.82) is 0 Å². The van der Waals surface area contributed by atoms with E-state index in [1.54, 1.807) is 17.5 Å². The van der Waals surface area contributed by atoms with E-state index in [4.69, 9.17) is 4.98 Å². The van der Waals surface area contributed by atoms with E-state index >= 15 is 0 Å². The lowest BCUT2D eigenvalue weighted by Gasteiger charge is -2.10. The van der Waals surface area contributed by atoms with Crippen LogP contribution < -0.4 is 5.32 Å². The Labute approximate surface area is 177 Å². The van der Waals surface area contributed by atoms with Crippen molar-refractivity contribution in [2.45, 2.75) is 26.4 Å². The van der Waals surface area contributed by atoms with Gasteiger partial charge in [0.05, 0.1) is 40.0 Å². The van der Waals surface area contributed by atoms with Gasteiger partial charge in [0.15, 0.2) is 5.65 Å². The number of pyridine rings is 2. The fourth-order valence-corrected chi connectivity index (χ4v) is 4.16. The Balaban J connectivity index is 1.50. The van der Waals surface area contributed by atoms with Crippen molar-refractivity contribution in [3.8, 4) is 10.6 Å². The maximum absolute atomic E-state index is 13.1. The molecule has 5 aromatic heterocycles. The molecular weight excluding hydrogens is 396 g/mol. The molecule has 5 aromatic rings. The zero-order valence-electron chi connectivity index (χ0n) is 16.6. The van der Waals surface area contributed by atoms with Crippen molar-refractivity contribution in [2.75, 3.05) is 0 Å². The summed E-state index contributed by atoms with van der Waals surface area (Å²) in [6.07, 6.45) is 5.58. The summed E-state index contributed by atoms with van der Waals surface area (Å²) in [6, 6.07) is 11.8. The molecule has 0 aliphatic rings. The molecule has 0 spiro atoms. The van der Waals surface area contributed by atoms with Gasteiger partial charge in [0, 0.05) is 18.4 Å². The van der Waals surface area contributed by atoms with E-state index in [0.29, 0.717) is 17.8 Å². The lowest BCUT2D eigenvalue weighted by molar-refractivity contribution is 0.0952. The fraction of sp³-hybridized carbons (Fsp3) is 0.182. The molecule has 150 valence electrons. The smallest absolute Gasteiger partial charge is 0.252 e. The average molecular weight is 417 g/mol. The highest BCUT2D eigenvalue weighted by atomic mass is 32.1. The second-order valence-corrected chi connectivity index (χ2v) is 8.28. The third-order valence-corrected chi connectivity index (χ3v) is 5.81. The van der Waals surface area contributed by atoms with E-state index in [-0.39, 0.29) is 11.9 Å². The van der Waals surface area contributed by atoms with Crippen LogP contribution >= 0.6 is 11.3 Å². The van der Waals surface area contributed by atoms with E-state index in [0.717, 1.165) is 27.3 Å². The van der Waals surface area contributed by atoms with Crippen LogP contribution in [0.4, 0.5) is 0 Å². The summed E-state index contributed by atoms with van der Waals surface area (Å²) < 4.78 is 3.79. The summed E-state index contributed by atoms with van der Waals surface area (Å²) in [7, 11) is 0. The summed E-state index contributed by atoms with van der Waals surface area (Å²) in [5.74, 6) is -0.166.